The van der Waals surface area contributed by atoms with E-state index in [-0.39, 0.29) is 11.3 Å². The number of nitrogens with two attached hydrogens (primary N) is 1. The second-order valence-corrected chi connectivity index (χ2v) is 6.50. The lowest BCUT2D eigenvalue weighted by molar-refractivity contribution is 0.0778. The van der Waals surface area contributed by atoms with Crippen molar-refractivity contribution in [3.63, 3.8) is 0 Å². The molecule has 0 radical (unpaired) electrons. The van der Waals surface area contributed by atoms with E-state index in [4.69, 9.17) is 10.5 Å². The largest absolute Gasteiger partial charge is 0.495 e. The van der Waals surface area contributed by atoms with Gasteiger partial charge in [0.1, 0.15) is 10.6 Å². The number of carbonyl (C=O) groups is 1. The molecule has 1 atom stereocenters. The Kier molecular flexibility index (Phi) is 3.64. The number of thiophene rings is 1. The lowest BCUT2D eigenvalue weighted by Gasteiger charge is -2.22. The topological polar surface area (TPSA) is 55.6 Å². The van der Waals surface area contributed by atoms with Gasteiger partial charge in [-0.2, -0.15) is 0 Å². The van der Waals surface area contributed by atoms with Gasteiger partial charge in [-0.1, -0.05) is 6.92 Å². The number of ether oxygens (including phenoxy) is 1. The average Bonchev–Trinajstić information content (AvgIpc) is 2.92. The molecule has 2 N–H and O–H groups in total. The highest BCUT2D eigenvalue weighted by Crippen LogP contribution is 2.34. The number of rotatable bonds is 3. The number of methoxy groups -OCH3 is 1. The van der Waals surface area contributed by atoms with Crippen molar-refractivity contribution in [1.82, 2.24) is 4.90 Å². The van der Waals surface area contributed by atoms with Crippen LogP contribution < -0.4 is 10.5 Å². The number of hydrogen-bond acceptors (Lipinski definition) is 4. The Balaban J connectivity index is 2.17. The lowest BCUT2D eigenvalue weighted by Crippen LogP contribution is -2.34. The molecule has 1 aliphatic heterocycles. The van der Waals surface area contributed by atoms with Gasteiger partial charge in [0.25, 0.3) is 5.91 Å². The van der Waals surface area contributed by atoms with Crippen molar-refractivity contribution < 1.29 is 9.53 Å². The van der Waals surface area contributed by atoms with Crippen molar-refractivity contribution >= 4 is 17.2 Å². The summed E-state index contributed by atoms with van der Waals surface area (Å²) in [4.78, 5) is 16.1. The summed E-state index contributed by atoms with van der Waals surface area (Å²) < 4.78 is 5.26. The van der Waals surface area contributed by atoms with Crippen LogP contribution in [0.5, 0.6) is 5.75 Å². The molecule has 1 aromatic rings. The van der Waals surface area contributed by atoms with Gasteiger partial charge < -0.3 is 15.4 Å². The second-order valence-electron chi connectivity index (χ2n) is 5.25. The summed E-state index contributed by atoms with van der Waals surface area (Å²) in [6.07, 6.45) is 0.974. The molecule has 0 aliphatic carbocycles. The molecule has 0 bridgehead atoms. The number of aryl methyl sites for hydroxylation is 1. The molecule has 0 aromatic carbocycles. The Morgan fingerprint density at radius 3 is 2.94 bits per heavy atom. The molecule has 100 valence electrons. The summed E-state index contributed by atoms with van der Waals surface area (Å²) in [7, 11) is 1.60. The van der Waals surface area contributed by atoms with Crippen LogP contribution >= 0.6 is 11.3 Å². The van der Waals surface area contributed by atoms with Crippen LogP contribution in [-0.2, 0) is 0 Å². The van der Waals surface area contributed by atoms with E-state index in [1.54, 1.807) is 7.11 Å². The molecule has 1 fully saturated rings. The molecule has 18 heavy (non-hydrogen) atoms. The predicted octanol–water partition coefficient (Wildman–Crippen LogP) is 1.88. The zero-order valence-corrected chi connectivity index (χ0v) is 12.0. The zero-order chi connectivity index (χ0) is 13.3. The molecule has 2 rings (SSSR count). The van der Waals surface area contributed by atoms with Crippen molar-refractivity contribution in [2.24, 2.45) is 11.1 Å². The first-order chi connectivity index (χ1) is 8.49. The van der Waals surface area contributed by atoms with Crippen LogP contribution in [0.2, 0.25) is 0 Å². The highest BCUT2D eigenvalue weighted by atomic mass is 32.1. The van der Waals surface area contributed by atoms with E-state index in [1.807, 2.05) is 17.9 Å². The minimum absolute atomic E-state index is 0.0647. The maximum absolute atomic E-state index is 12.5. The van der Waals surface area contributed by atoms with Crippen molar-refractivity contribution in [1.29, 1.82) is 0 Å². The first kappa shape index (κ1) is 13.4. The quantitative estimate of drug-likeness (QED) is 0.910. The number of amides is 1. The van der Waals surface area contributed by atoms with Gasteiger partial charge in [-0.05, 0) is 31.4 Å². The van der Waals surface area contributed by atoms with Gasteiger partial charge in [0.15, 0.2) is 0 Å². The minimum atomic E-state index is 0.0647. The van der Waals surface area contributed by atoms with Gasteiger partial charge in [0.2, 0.25) is 0 Å². The molecule has 5 heteroatoms. The van der Waals surface area contributed by atoms with Crippen molar-refractivity contribution in [3.05, 3.63) is 15.8 Å². The molecular weight excluding hydrogens is 248 g/mol. The van der Waals surface area contributed by atoms with Gasteiger partial charge in [0.05, 0.1) is 7.11 Å². The van der Waals surface area contributed by atoms with Crippen molar-refractivity contribution in [3.8, 4) is 5.75 Å². The van der Waals surface area contributed by atoms with Gasteiger partial charge in [-0.15, -0.1) is 11.3 Å². The Morgan fingerprint density at radius 1 is 1.67 bits per heavy atom. The van der Waals surface area contributed by atoms with Crippen LogP contribution in [0.1, 0.15) is 27.9 Å². The summed E-state index contributed by atoms with van der Waals surface area (Å²) in [6.45, 7) is 6.27. The maximum atomic E-state index is 12.5. The number of hydrogen-bond donors (Lipinski definition) is 1. The third-order valence-electron chi connectivity index (χ3n) is 3.57. The summed E-state index contributed by atoms with van der Waals surface area (Å²) in [5.41, 5.74) is 5.83. The fourth-order valence-electron chi connectivity index (χ4n) is 2.30. The first-order valence-corrected chi connectivity index (χ1v) is 6.94. The molecule has 0 spiro atoms. The molecule has 1 unspecified atom stereocenters. The van der Waals surface area contributed by atoms with Gasteiger partial charge in [0, 0.05) is 18.0 Å². The molecular formula is C13H20N2O2S. The highest BCUT2D eigenvalue weighted by molar-refractivity contribution is 7.14. The normalized spacial score (nSPS) is 23.4. The molecule has 0 saturated carbocycles. The van der Waals surface area contributed by atoms with E-state index in [0.717, 1.165) is 24.4 Å². The first-order valence-electron chi connectivity index (χ1n) is 6.13. The molecule has 1 aliphatic rings. The smallest absolute Gasteiger partial charge is 0.267 e. The zero-order valence-electron chi connectivity index (χ0n) is 11.2. The fraction of sp³-hybridized carbons (Fsp3) is 0.615. The van der Waals surface area contributed by atoms with Crippen LogP contribution in [-0.4, -0.2) is 37.6 Å². The fourth-order valence-corrected chi connectivity index (χ4v) is 3.25. The Bertz CT molecular complexity index is 458. The van der Waals surface area contributed by atoms with Crippen LogP contribution in [0.3, 0.4) is 0 Å². The molecule has 1 amide bonds. The van der Waals surface area contributed by atoms with E-state index in [0.29, 0.717) is 17.2 Å². The van der Waals surface area contributed by atoms with Crippen LogP contribution in [0.4, 0.5) is 0 Å². The highest BCUT2D eigenvalue weighted by Gasteiger charge is 2.36. The maximum Gasteiger partial charge on any atom is 0.267 e. The summed E-state index contributed by atoms with van der Waals surface area (Å²) >= 11 is 1.49. The van der Waals surface area contributed by atoms with E-state index in [9.17, 15) is 4.79 Å². The van der Waals surface area contributed by atoms with E-state index >= 15 is 0 Å². The van der Waals surface area contributed by atoms with E-state index in [2.05, 4.69) is 6.92 Å². The molecule has 1 aromatic heterocycles. The number of carbonyl (C=O) groups excluding carboxylic acids is 1. The van der Waals surface area contributed by atoms with E-state index < -0.39 is 0 Å². The lowest BCUT2D eigenvalue weighted by atomic mass is 9.90. The Labute approximate surface area is 112 Å². The third kappa shape index (κ3) is 2.37. The minimum Gasteiger partial charge on any atom is -0.495 e. The third-order valence-corrected chi connectivity index (χ3v) is 4.59. The summed E-state index contributed by atoms with van der Waals surface area (Å²) in [6, 6.07) is 1.91. The van der Waals surface area contributed by atoms with Crippen molar-refractivity contribution in [2.45, 2.75) is 20.3 Å². The summed E-state index contributed by atoms with van der Waals surface area (Å²) in [5.74, 6) is 0.756. The van der Waals surface area contributed by atoms with Crippen LogP contribution in [0.25, 0.3) is 0 Å². The second kappa shape index (κ2) is 4.90. The Hall–Kier alpha value is -1.07. The Morgan fingerprint density at radius 2 is 2.39 bits per heavy atom. The van der Waals surface area contributed by atoms with Gasteiger partial charge in [-0.25, -0.2) is 0 Å². The molecule has 2 heterocycles. The van der Waals surface area contributed by atoms with Gasteiger partial charge in [-0.3, -0.25) is 4.79 Å². The SMILES string of the molecule is COc1cc(C)sc1C(=O)N1CCC(C)(CN)C1. The monoisotopic (exact) mass is 268 g/mol. The molecule has 4 nitrogen and oxygen atoms in total. The molecule has 1 saturated heterocycles. The number of nitrogens with zero attached hydrogens (tertiary/aromatic N) is 1. The standard InChI is InChI=1S/C13H20N2O2S/c1-9-6-10(17-3)11(18-9)12(16)15-5-4-13(2,7-14)8-15/h6H,4-5,7-8,14H2,1-3H3. The van der Waals surface area contributed by atoms with Crippen LogP contribution in [0, 0.1) is 12.3 Å². The predicted molar refractivity (Wildman–Crippen MR) is 73.3 cm³/mol. The van der Waals surface area contributed by atoms with E-state index in [1.165, 1.54) is 11.3 Å². The summed E-state index contributed by atoms with van der Waals surface area (Å²) in [5, 5.41) is 0. The average molecular weight is 268 g/mol. The van der Waals surface area contributed by atoms with Crippen molar-refractivity contribution in [2.75, 3.05) is 26.7 Å². The van der Waals surface area contributed by atoms with Crippen LogP contribution in [0.15, 0.2) is 6.07 Å². The van der Waals surface area contributed by atoms with Gasteiger partial charge >= 0.3 is 0 Å². The number of likely N-dealkylation sites (tertiary alicyclic amines) is 1.